The molecule has 3 heteroatoms. The molecule has 2 aromatic carbocycles. The lowest BCUT2D eigenvalue weighted by Gasteiger charge is -2.13. The fourth-order valence-corrected chi connectivity index (χ4v) is 2.31. The quantitative estimate of drug-likeness (QED) is 0.857. The van der Waals surface area contributed by atoms with Crippen molar-refractivity contribution >= 4 is 5.69 Å². The molecular weight excluding hydrogens is 244 g/mol. The van der Waals surface area contributed by atoms with E-state index in [0.717, 1.165) is 11.6 Å². The van der Waals surface area contributed by atoms with Crippen molar-refractivity contribution in [2.45, 2.75) is 27.3 Å². The minimum absolute atomic E-state index is 0.320. The van der Waals surface area contributed by atoms with E-state index < -0.39 is 11.6 Å². The molecule has 19 heavy (non-hydrogen) atoms. The fraction of sp³-hybridized carbons (Fsp3) is 0.250. The first-order chi connectivity index (χ1) is 8.97. The molecule has 0 saturated heterocycles. The van der Waals surface area contributed by atoms with Crippen molar-refractivity contribution < 1.29 is 8.78 Å². The monoisotopic (exact) mass is 261 g/mol. The minimum Gasteiger partial charge on any atom is -0.379 e. The third-order valence-electron chi connectivity index (χ3n) is 3.23. The summed E-state index contributed by atoms with van der Waals surface area (Å²) in [5.74, 6) is -1.13. The minimum atomic E-state index is -0.567. The van der Waals surface area contributed by atoms with Crippen LogP contribution in [0.2, 0.25) is 0 Å². The van der Waals surface area contributed by atoms with Crippen molar-refractivity contribution in [1.82, 2.24) is 0 Å². The SMILES string of the molecule is Cc1cc(C)c(CNc2ccc(F)cc2F)c(C)c1. The number of anilines is 1. The summed E-state index contributed by atoms with van der Waals surface area (Å²) in [4.78, 5) is 0. The molecule has 0 aromatic heterocycles. The largest absolute Gasteiger partial charge is 0.379 e. The van der Waals surface area contributed by atoms with Crippen LogP contribution in [0.25, 0.3) is 0 Å². The van der Waals surface area contributed by atoms with Gasteiger partial charge in [0.25, 0.3) is 0 Å². The lowest BCUT2D eigenvalue weighted by Crippen LogP contribution is -2.05. The summed E-state index contributed by atoms with van der Waals surface area (Å²) in [6, 6.07) is 7.76. The van der Waals surface area contributed by atoms with Crippen LogP contribution in [0.4, 0.5) is 14.5 Å². The van der Waals surface area contributed by atoms with E-state index in [9.17, 15) is 8.78 Å². The molecule has 0 saturated carbocycles. The Labute approximate surface area is 112 Å². The first-order valence-corrected chi connectivity index (χ1v) is 6.23. The van der Waals surface area contributed by atoms with Crippen LogP contribution in [0.15, 0.2) is 30.3 Å². The lowest BCUT2D eigenvalue weighted by atomic mass is 10.00. The number of aryl methyl sites for hydroxylation is 3. The molecule has 100 valence electrons. The smallest absolute Gasteiger partial charge is 0.149 e. The second kappa shape index (κ2) is 5.39. The van der Waals surface area contributed by atoms with E-state index in [1.165, 1.54) is 28.8 Å². The van der Waals surface area contributed by atoms with Gasteiger partial charge in [-0.3, -0.25) is 0 Å². The molecular formula is C16H17F2N. The van der Waals surface area contributed by atoms with Gasteiger partial charge in [-0.05, 0) is 49.6 Å². The molecule has 0 aliphatic carbocycles. The van der Waals surface area contributed by atoms with Crippen molar-refractivity contribution in [2.24, 2.45) is 0 Å². The first-order valence-electron chi connectivity index (χ1n) is 6.23. The van der Waals surface area contributed by atoms with Gasteiger partial charge in [-0.2, -0.15) is 0 Å². The van der Waals surface area contributed by atoms with E-state index in [1.54, 1.807) is 0 Å². The maximum absolute atomic E-state index is 13.5. The molecule has 2 aromatic rings. The standard InChI is InChI=1S/C16H17F2N/c1-10-6-11(2)14(12(3)7-10)9-19-16-5-4-13(17)8-15(16)18/h4-8,19H,9H2,1-3H3. The highest BCUT2D eigenvalue weighted by Crippen LogP contribution is 2.20. The van der Waals surface area contributed by atoms with Crippen molar-refractivity contribution in [3.63, 3.8) is 0 Å². The van der Waals surface area contributed by atoms with Gasteiger partial charge in [0.1, 0.15) is 11.6 Å². The van der Waals surface area contributed by atoms with Gasteiger partial charge in [0, 0.05) is 12.6 Å². The van der Waals surface area contributed by atoms with Gasteiger partial charge in [-0.25, -0.2) is 8.78 Å². The summed E-state index contributed by atoms with van der Waals surface area (Å²) in [6.07, 6.45) is 0. The van der Waals surface area contributed by atoms with Crippen LogP contribution in [-0.4, -0.2) is 0 Å². The second-order valence-corrected chi connectivity index (χ2v) is 4.85. The molecule has 0 unspecified atom stereocenters. The van der Waals surface area contributed by atoms with E-state index in [0.29, 0.717) is 12.2 Å². The van der Waals surface area contributed by atoms with Gasteiger partial charge in [-0.1, -0.05) is 17.7 Å². The van der Waals surface area contributed by atoms with Crippen LogP contribution in [0, 0.1) is 32.4 Å². The average molecular weight is 261 g/mol. The Hall–Kier alpha value is -1.90. The molecule has 1 nitrogen and oxygen atoms in total. The maximum atomic E-state index is 13.5. The Morgan fingerprint density at radius 2 is 1.58 bits per heavy atom. The number of hydrogen-bond acceptors (Lipinski definition) is 1. The molecule has 1 N–H and O–H groups in total. The highest BCUT2D eigenvalue weighted by molar-refractivity contribution is 5.47. The van der Waals surface area contributed by atoms with E-state index >= 15 is 0 Å². The zero-order chi connectivity index (χ0) is 14.0. The summed E-state index contributed by atoms with van der Waals surface area (Å²) in [5, 5.41) is 3.02. The number of benzene rings is 2. The zero-order valence-electron chi connectivity index (χ0n) is 11.3. The van der Waals surface area contributed by atoms with Gasteiger partial charge in [0.2, 0.25) is 0 Å². The van der Waals surface area contributed by atoms with Gasteiger partial charge in [-0.15, -0.1) is 0 Å². The number of nitrogens with one attached hydrogen (secondary N) is 1. The predicted molar refractivity (Wildman–Crippen MR) is 74.3 cm³/mol. The third kappa shape index (κ3) is 3.11. The Balaban J connectivity index is 2.19. The fourth-order valence-electron chi connectivity index (χ4n) is 2.31. The molecule has 0 heterocycles. The first kappa shape index (κ1) is 13.5. The highest BCUT2D eigenvalue weighted by Gasteiger charge is 2.06. The lowest BCUT2D eigenvalue weighted by molar-refractivity contribution is 0.585. The summed E-state index contributed by atoms with van der Waals surface area (Å²) < 4.78 is 26.3. The van der Waals surface area contributed by atoms with Crippen molar-refractivity contribution in [3.05, 3.63) is 64.2 Å². The molecule has 0 bridgehead atoms. The zero-order valence-corrected chi connectivity index (χ0v) is 11.3. The summed E-state index contributed by atoms with van der Waals surface area (Å²) in [6.45, 7) is 6.66. The molecule has 0 aliphatic heterocycles. The molecule has 0 fully saturated rings. The Morgan fingerprint density at radius 1 is 0.947 bits per heavy atom. The van der Waals surface area contributed by atoms with Crippen LogP contribution in [0.1, 0.15) is 22.3 Å². The van der Waals surface area contributed by atoms with Gasteiger partial charge < -0.3 is 5.32 Å². The Bertz CT molecular complexity index is 583. The average Bonchev–Trinajstić information content (AvgIpc) is 2.30. The Kier molecular flexibility index (Phi) is 3.84. The maximum Gasteiger partial charge on any atom is 0.149 e. The normalized spacial score (nSPS) is 10.6. The second-order valence-electron chi connectivity index (χ2n) is 4.85. The summed E-state index contributed by atoms with van der Waals surface area (Å²) in [5.41, 5.74) is 5.03. The summed E-state index contributed by atoms with van der Waals surface area (Å²) >= 11 is 0. The van der Waals surface area contributed by atoms with Crippen molar-refractivity contribution in [1.29, 1.82) is 0 Å². The van der Waals surface area contributed by atoms with Crippen molar-refractivity contribution in [3.8, 4) is 0 Å². The van der Waals surface area contributed by atoms with E-state index in [4.69, 9.17) is 0 Å². The van der Waals surface area contributed by atoms with Gasteiger partial charge in [0.15, 0.2) is 0 Å². The van der Waals surface area contributed by atoms with Crippen LogP contribution in [-0.2, 0) is 6.54 Å². The van der Waals surface area contributed by atoms with Gasteiger partial charge >= 0.3 is 0 Å². The molecule has 0 atom stereocenters. The van der Waals surface area contributed by atoms with Crippen LogP contribution in [0.5, 0.6) is 0 Å². The van der Waals surface area contributed by atoms with Crippen LogP contribution in [0.3, 0.4) is 0 Å². The highest BCUT2D eigenvalue weighted by atomic mass is 19.1. The van der Waals surface area contributed by atoms with Crippen LogP contribution < -0.4 is 5.32 Å². The predicted octanol–water partition coefficient (Wildman–Crippen LogP) is 4.50. The molecule has 0 radical (unpaired) electrons. The van der Waals surface area contributed by atoms with Crippen molar-refractivity contribution in [2.75, 3.05) is 5.32 Å². The third-order valence-corrected chi connectivity index (χ3v) is 3.23. The van der Waals surface area contributed by atoms with Gasteiger partial charge in [0.05, 0.1) is 5.69 Å². The number of rotatable bonds is 3. The van der Waals surface area contributed by atoms with E-state index in [1.807, 2.05) is 13.8 Å². The molecule has 0 amide bonds. The van der Waals surface area contributed by atoms with E-state index in [2.05, 4.69) is 24.4 Å². The Morgan fingerprint density at radius 3 is 2.16 bits per heavy atom. The number of halogens is 2. The molecule has 0 spiro atoms. The number of hydrogen-bond donors (Lipinski definition) is 1. The van der Waals surface area contributed by atoms with Crippen LogP contribution >= 0.6 is 0 Å². The topological polar surface area (TPSA) is 12.0 Å². The molecule has 2 rings (SSSR count). The summed E-state index contributed by atoms with van der Waals surface area (Å²) in [7, 11) is 0. The van der Waals surface area contributed by atoms with E-state index in [-0.39, 0.29) is 0 Å². The molecule has 0 aliphatic rings.